The highest BCUT2D eigenvalue weighted by molar-refractivity contribution is 6.10. The fourth-order valence-corrected chi connectivity index (χ4v) is 3.29. The van der Waals surface area contributed by atoms with E-state index in [2.05, 4.69) is 25.4 Å². The van der Waals surface area contributed by atoms with Crippen molar-refractivity contribution in [2.24, 2.45) is 10.7 Å². The lowest BCUT2D eigenvalue weighted by atomic mass is 10.1. The molecular formula is C27H26FN7O3. The first-order valence-corrected chi connectivity index (χ1v) is 11.6. The van der Waals surface area contributed by atoms with Crippen LogP contribution >= 0.6 is 0 Å². The highest BCUT2D eigenvalue weighted by atomic mass is 19.1. The van der Waals surface area contributed by atoms with Gasteiger partial charge in [0.05, 0.1) is 24.2 Å². The van der Waals surface area contributed by atoms with Crippen LogP contribution in [0.2, 0.25) is 0 Å². The SMILES string of the molecule is CC(C)(Oc1ccccc1)C(=O)Nc1cnc(C(N)=CC(=NCc2ccccc2F)c2ccon2)nc1N. The number of nitrogen functional groups attached to an aromatic ring is 1. The molecule has 0 radical (unpaired) electrons. The third-order valence-corrected chi connectivity index (χ3v) is 5.36. The number of carbonyl (C=O) groups excluding carboxylic acids is 1. The second-order valence-electron chi connectivity index (χ2n) is 8.65. The van der Waals surface area contributed by atoms with Gasteiger partial charge < -0.3 is 26.0 Å². The minimum absolute atomic E-state index is 0.00138. The van der Waals surface area contributed by atoms with Crippen molar-refractivity contribution in [3.8, 4) is 5.75 Å². The van der Waals surface area contributed by atoms with E-state index in [1.807, 2.05) is 18.2 Å². The minimum atomic E-state index is -1.20. The topological polar surface area (TPSA) is 155 Å². The quantitative estimate of drug-likeness (QED) is 0.283. The van der Waals surface area contributed by atoms with Crippen molar-refractivity contribution in [2.45, 2.75) is 26.0 Å². The number of hydrogen-bond donors (Lipinski definition) is 3. The molecule has 4 aromatic rings. The molecule has 38 heavy (non-hydrogen) atoms. The first kappa shape index (κ1) is 26.0. The van der Waals surface area contributed by atoms with E-state index in [1.165, 1.54) is 24.6 Å². The minimum Gasteiger partial charge on any atom is -0.478 e. The van der Waals surface area contributed by atoms with Crippen LogP contribution in [0, 0.1) is 5.82 Å². The van der Waals surface area contributed by atoms with Gasteiger partial charge in [-0.1, -0.05) is 41.6 Å². The van der Waals surface area contributed by atoms with Crippen LogP contribution < -0.4 is 21.5 Å². The molecule has 10 nitrogen and oxygen atoms in total. The maximum Gasteiger partial charge on any atom is 0.268 e. The van der Waals surface area contributed by atoms with Crippen molar-refractivity contribution in [3.05, 3.63) is 102 Å². The summed E-state index contributed by atoms with van der Waals surface area (Å²) in [6.45, 7) is 3.31. The maximum absolute atomic E-state index is 14.1. The van der Waals surface area contributed by atoms with E-state index in [0.717, 1.165) is 0 Å². The first-order chi connectivity index (χ1) is 18.2. The number of nitrogens with two attached hydrogens (primary N) is 2. The number of aromatic nitrogens is 3. The van der Waals surface area contributed by atoms with E-state index in [1.54, 1.807) is 50.2 Å². The van der Waals surface area contributed by atoms with Crippen molar-refractivity contribution in [2.75, 3.05) is 11.1 Å². The van der Waals surface area contributed by atoms with Crippen LogP contribution in [0.3, 0.4) is 0 Å². The average Bonchev–Trinajstić information content (AvgIpc) is 3.43. The molecule has 0 atom stereocenters. The summed E-state index contributed by atoms with van der Waals surface area (Å²) in [7, 11) is 0. The van der Waals surface area contributed by atoms with E-state index in [4.69, 9.17) is 20.7 Å². The summed E-state index contributed by atoms with van der Waals surface area (Å²) in [4.78, 5) is 25.7. The lowest BCUT2D eigenvalue weighted by molar-refractivity contribution is -0.128. The summed E-state index contributed by atoms with van der Waals surface area (Å²) in [5.74, 6) is -0.172. The van der Waals surface area contributed by atoms with Crippen LogP contribution in [-0.4, -0.2) is 32.3 Å². The number of hydrogen-bond acceptors (Lipinski definition) is 9. The number of carbonyl (C=O) groups is 1. The Bertz CT molecular complexity index is 1470. The average molecular weight is 516 g/mol. The van der Waals surface area contributed by atoms with Crippen LogP contribution in [0.5, 0.6) is 5.75 Å². The second-order valence-corrected chi connectivity index (χ2v) is 8.65. The van der Waals surface area contributed by atoms with Gasteiger partial charge in [-0.2, -0.15) is 0 Å². The first-order valence-electron chi connectivity index (χ1n) is 11.6. The molecule has 2 heterocycles. The molecule has 0 aliphatic heterocycles. The Morgan fingerprint density at radius 3 is 2.58 bits per heavy atom. The Hall–Kier alpha value is -5.06. The van der Waals surface area contributed by atoms with Crippen LogP contribution in [0.1, 0.15) is 30.9 Å². The number of ether oxygens (including phenoxy) is 1. The molecule has 0 bridgehead atoms. The van der Waals surface area contributed by atoms with Crippen LogP contribution in [0.15, 0.2) is 88.7 Å². The summed E-state index contributed by atoms with van der Waals surface area (Å²) in [5.41, 5.74) is 12.6. The standard InChI is InChI=1S/C27H26FN7O3/c1-27(2,38-18-9-4-3-5-10-18)26(36)33-23-16-32-25(34-24(23)30)20(29)14-22(21-12-13-37-35-21)31-15-17-8-6-7-11-19(17)28/h3-14,16H,15,29H2,1-2H3,(H,33,36)(H2,30,32,34). The summed E-state index contributed by atoms with van der Waals surface area (Å²) in [6.07, 6.45) is 4.22. The Labute approximate surface area is 218 Å². The highest BCUT2D eigenvalue weighted by Crippen LogP contribution is 2.22. The number of allylic oxidation sites excluding steroid dienone is 1. The fourth-order valence-electron chi connectivity index (χ4n) is 3.29. The van der Waals surface area contributed by atoms with E-state index in [0.29, 0.717) is 22.7 Å². The number of para-hydroxylation sites is 1. The number of nitrogens with one attached hydrogen (secondary N) is 1. The van der Waals surface area contributed by atoms with Gasteiger partial charge >= 0.3 is 0 Å². The summed E-state index contributed by atoms with van der Waals surface area (Å²) >= 11 is 0. The van der Waals surface area contributed by atoms with Gasteiger partial charge in [0.1, 0.15) is 29.2 Å². The van der Waals surface area contributed by atoms with E-state index in [-0.39, 0.29) is 35.4 Å². The van der Waals surface area contributed by atoms with E-state index in [9.17, 15) is 9.18 Å². The molecule has 0 aliphatic carbocycles. The van der Waals surface area contributed by atoms with Crippen molar-refractivity contribution in [1.82, 2.24) is 15.1 Å². The second kappa shape index (κ2) is 11.3. The summed E-state index contributed by atoms with van der Waals surface area (Å²) in [6, 6.07) is 16.9. The number of halogens is 1. The molecule has 2 aromatic heterocycles. The number of aliphatic imine (C=N–C) groups is 1. The summed E-state index contributed by atoms with van der Waals surface area (Å²) in [5, 5.41) is 6.58. The lowest BCUT2D eigenvalue weighted by Gasteiger charge is -2.25. The van der Waals surface area contributed by atoms with E-state index < -0.39 is 11.5 Å². The predicted octanol–water partition coefficient (Wildman–Crippen LogP) is 3.97. The van der Waals surface area contributed by atoms with E-state index >= 15 is 0 Å². The van der Waals surface area contributed by atoms with Gasteiger partial charge in [-0.25, -0.2) is 14.4 Å². The molecule has 0 spiro atoms. The number of rotatable bonds is 9. The number of anilines is 2. The van der Waals surface area contributed by atoms with Crippen LogP contribution in [0.4, 0.5) is 15.9 Å². The van der Waals surface area contributed by atoms with Gasteiger partial charge in [0.2, 0.25) is 0 Å². The Morgan fingerprint density at radius 1 is 1.16 bits per heavy atom. The monoisotopic (exact) mass is 515 g/mol. The zero-order valence-electron chi connectivity index (χ0n) is 20.8. The summed E-state index contributed by atoms with van der Waals surface area (Å²) < 4.78 is 24.8. The molecule has 0 saturated carbocycles. The molecule has 2 aromatic carbocycles. The van der Waals surface area contributed by atoms with Gasteiger partial charge in [0.15, 0.2) is 17.2 Å². The molecule has 0 unspecified atom stereocenters. The van der Waals surface area contributed by atoms with Crippen molar-refractivity contribution in [3.63, 3.8) is 0 Å². The highest BCUT2D eigenvalue weighted by Gasteiger charge is 2.30. The largest absolute Gasteiger partial charge is 0.478 e. The van der Waals surface area contributed by atoms with Crippen molar-refractivity contribution < 1.29 is 18.4 Å². The molecule has 4 rings (SSSR count). The molecule has 0 fully saturated rings. The number of nitrogens with zero attached hydrogens (tertiary/aromatic N) is 4. The third-order valence-electron chi connectivity index (χ3n) is 5.36. The van der Waals surface area contributed by atoms with Gasteiger partial charge in [-0.05, 0) is 38.1 Å². The van der Waals surface area contributed by atoms with Crippen molar-refractivity contribution in [1.29, 1.82) is 0 Å². The van der Waals surface area contributed by atoms with Crippen LogP contribution in [0.25, 0.3) is 5.70 Å². The zero-order valence-corrected chi connectivity index (χ0v) is 20.8. The van der Waals surface area contributed by atoms with Crippen molar-refractivity contribution >= 4 is 28.8 Å². The lowest BCUT2D eigenvalue weighted by Crippen LogP contribution is -2.42. The predicted molar refractivity (Wildman–Crippen MR) is 142 cm³/mol. The maximum atomic E-state index is 14.1. The third kappa shape index (κ3) is 6.38. The Morgan fingerprint density at radius 2 is 1.89 bits per heavy atom. The molecule has 0 saturated heterocycles. The Kier molecular flexibility index (Phi) is 7.76. The molecule has 5 N–H and O–H groups in total. The van der Waals surface area contributed by atoms with Gasteiger partial charge in [0.25, 0.3) is 5.91 Å². The molecule has 11 heteroatoms. The van der Waals surface area contributed by atoms with Gasteiger partial charge in [-0.3, -0.25) is 9.79 Å². The normalized spacial score (nSPS) is 12.3. The molecular weight excluding hydrogens is 489 g/mol. The molecule has 0 aliphatic rings. The molecule has 1 amide bonds. The number of amides is 1. The number of benzene rings is 2. The fraction of sp³-hybridized carbons (Fsp3) is 0.148. The molecule has 194 valence electrons. The van der Waals surface area contributed by atoms with Gasteiger partial charge in [-0.15, -0.1) is 0 Å². The smallest absolute Gasteiger partial charge is 0.268 e. The Balaban J connectivity index is 1.52. The zero-order chi connectivity index (χ0) is 27.1. The van der Waals surface area contributed by atoms with Crippen LogP contribution in [-0.2, 0) is 11.3 Å². The van der Waals surface area contributed by atoms with Gasteiger partial charge in [0, 0.05) is 11.6 Å².